The number of carbonyl (C=O) groups excluding carboxylic acids is 1. The summed E-state index contributed by atoms with van der Waals surface area (Å²) in [7, 11) is -3.74. The van der Waals surface area contributed by atoms with Gasteiger partial charge >= 0.3 is 13.3 Å². The third-order valence-corrected chi connectivity index (χ3v) is 9.60. The van der Waals surface area contributed by atoms with Crippen molar-refractivity contribution in [1.29, 1.82) is 0 Å². The number of ether oxygens (including phenoxy) is 2. The zero-order valence-corrected chi connectivity index (χ0v) is 30.0. The Balaban J connectivity index is 1.49. The normalized spacial score (nSPS) is 12.6. The van der Waals surface area contributed by atoms with Gasteiger partial charge in [-0.3, -0.25) is 9.36 Å². The Morgan fingerprint density at radius 1 is 0.765 bits per heavy atom. The Morgan fingerprint density at radius 3 is 1.69 bits per heavy atom. The first-order valence-corrected chi connectivity index (χ1v) is 18.5. The molecule has 0 aliphatic rings. The van der Waals surface area contributed by atoms with E-state index in [0.717, 1.165) is 21.4 Å². The van der Waals surface area contributed by atoms with Crippen molar-refractivity contribution in [3.63, 3.8) is 0 Å². The van der Waals surface area contributed by atoms with E-state index in [2.05, 4.69) is 15.4 Å². The van der Waals surface area contributed by atoms with Crippen LogP contribution in [0.1, 0.15) is 54.7 Å². The van der Waals surface area contributed by atoms with Gasteiger partial charge in [0.1, 0.15) is 18.1 Å². The lowest BCUT2D eigenvalue weighted by atomic mass is 9.80. The van der Waals surface area contributed by atoms with Crippen LogP contribution in [0.3, 0.4) is 0 Å². The fraction of sp³-hybridized carbons (Fsp3) is 0.282. The summed E-state index contributed by atoms with van der Waals surface area (Å²) in [6.45, 7) is 6.84. The van der Waals surface area contributed by atoms with Gasteiger partial charge in [-0.2, -0.15) is 10.1 Å². The summed E-state index contributed by atoms with van der Waals surface area (Å²) in [4.78, 5) is 30.0. The number of carbonyl (C=O) groups is 1. The Hall–Kier alpha value is -4.77. The van der Waals surface area contributed by atoms with Crippen molar-refractivity contribution in [2.45, 2.75) is 58.2 Å². The van der Waals surface area contributed by atoms with Crippen molar-refractivity contribution in [3.8, 4) is 0 Å². The highest BCUT2D eigenvalue weighted by molar-refractivity contribution is 7.53. The maximum Gasteiger partial charge on any atom is 0.366 e. The molecule has 51 heavy (non-hydrogen) atoms. The average molecular weight is 711 g/mol. The van der Waals surface area contributed by atoms with E-state index in [1.54, 1.807) is 58.0 Å². The zero-order chi connectivity index (χ0) is 36.3. The molecule has 0 fully saturated rings. The highest BCUT2D eigenvalue weighted by Crippen LogP contribution is 2.51. The number of amides is 1. The molecule has 5 rings (SSSR count). The second-order valence-electron chi connectivity index (χ2n) is 12.4. The number of hydrogen-bond donors (Lipinski definition) is 1. The number of nitrogens with one attached hydrogen (secondary N) is 1. The van der Waals surface area contributed by atoms with Crippen LogP contribution in [0.4, 0.5) is 5.82 Å². The van der Waals surface area contributed by atoms with Crippen molar-refractivity contribution in [2.75, 3.05) is 18.3 Å². The number of rotatable bonds is 17. The minimum absolute atomic E-state index is 0.00441. The van der Waals surface area contributed by atoms with E-state index in [0.29, 0.717) is 5.56 Å². The van der Waals surface area contributed by atoms with Crippen LogP contribution < -0.4 is 11.0 Å². The van der Waals surface area contributed by atoms with Gasteiger partial charge in [0.25, 0.3) is 5.91 Å². The molecule has 1 amide bonds. The van der Waals surface area contributed by atoms with Crippen molar-refractivity contribution in [1.82, 2.24) is 14.8 Å². The second kappa shape index (κ2) is 17.4. The molecule has 1 N–H and O–H groups in total. The fourth-order valence-electron chi connectivity index (χ4n) is 5.58. The molecule has 0 unspecified atom stereocenters. The molecule has 0 saturated carbocycles. The Kier molecular flexibility index (Phi) is 12.8. The van der Waals surface area contributed by atoms with Gasteiger partial charge in [0.05, 0.1) is 31.6 Å². The molecule has 0 aliphatic carbocycles. The van der Waals surface area contributed by atoms with Crippen molar-refractivity contribution < 1.29 is 27.9 Å². The predicted octanol–water partition coefficient (Wildman–Crippen LogP) is 7.29. The maximum absolute atomic E-state index is 13.8. The van der Waals surface area contributed by atoms with Gasteiger partial charge in [0.2, 0.25) is 0 Å². The third-order valence-electron chi connectivity index (χ3n) is 7.65. The van der Waals surface area contributed by atoms with E-state index in [1.807, 2.05) is 91.0 Å². The second-order valence-corrected chi connectivity index (χ2v) is 14.3. The highest BCUT2D eigenvalue weighted by Gasteiger charge is 2.39. The Bertz CT molecular complexity index is 1830. The molecular formula is C39H43N4O7P. The lowest BCUT2D eigenvalue weighted by molar-refractivity contribution is -0.0659. The van der Waals surface area contributed by atoms with E-state index >= 15 is 0 Å². The van der Waals surface area contributed by atoms with Crippen LogP contribution in [-0.2, 0) is 35.2 Å². The SMILES string of the molecule is CC(C)OP(=O)(CO[C@H](COC(c1ccccc1)(c1ccccc1)c1ccccc1)Cn1ncc(NC(=O)c2ccccc2)nc1=O)OC(C)C. The third kappa shape index (κ3) is 9.94. The van der Waals surface area contributed by atoms with E-state index in [1.165, 1.54) is 6.20 Å². The van der Waals surface area contributed by atoms with Crippen LogP contribution in [0.15, 0.2) is 132 Å². The number of nitrogens with zero attached hydrogens (tertiary/aromatic N) is 3. The summed E-state index contributed by atoms with van der Waals surface area (Å²) in [5.41, 5.74) is 1.19. The van der Waals surface area contributed by atoms with Gasteiger partial charge in [-0.1, -0.05) is 109 Å². The average Bonchev–Trinajstić information content (AvgIpc) is 3.13. The molecular weight excluding hydrogens is 667 g/mol. The summed E-state index contributed by atoms with van der Waals surface area (Å²) in [6.07, 6.45) is -0.808. The Labute approximate surface area is 298 Å². The summed E-state index contributed by atoms with van der Waals surface area (Å²) >= 11 is 0. The molecule has 5 aromatic rings. The predicted molar refractivity (Wildman–Crippen MR) is 196 cm³/mol. The fourth-order valence-corrected chi connectivity index (χ4v) is 7.43. The number of hydrogen-bond acceptors (Lipinski definition) is 9. The number of benzene rings is 4. The smallest absolute Gasteiger partial charge is 0.361 e. The van der Waals surface area contributed by atoms with E-state index in [-0.39, 0.29) is 19.0 Å². The van der Waals surface area contributed by atoms with Crippen LogP contribution in [0.25, 0.3) is 0 Å². The highest BCUT2D eigenvalue weighted by atomic mass is 31.2. The topological polar surface area (TPSA) is 131 Å². The molecule has 1 atom stereocenters. The zero-order valence-electron chi connectivity index (χ0n) is 29.1. The van der Waals surface area contributed by atoms with Crippen molar-refractivity contribution >= 4 is 19.3 Å². The molecule has 0 spiro atoms. The molecule has 1 aromatic heterocycles. The summed E-state index contributed by atoms with van der Waals surface area (Å²) < 4.78 is 39.7. The number of anilines is 1. The molecule has 266 valence electrons. The first kappa shape index (κ1) is 37.5. The van der Waals surface area contributed by atoms with Gasteiger partial charge in [0, 0.05) is 5.56 Å². The van der Waals surface area contributed by atoms with Crippen LogP contribution in [0, 0.1) is 0 Å². The van der Waals surface area contributed by atoms with E-state index in [9.17, 15) is 14.2 Å². The number of aromatic nitrogens is 3. The minimum atomic E-state index is -3.74. The van der Waals surface area contributed by atoms with Gasteiger partial charge in [-0.05, 0) is 56.5 Å². The summed E-state index contributed by atoms with van der Waals surface area (Å²) in [6, 6.07) is 38.0. The molecule has 11 nitrogen and oxygen atoms in total. The van der Waals surface area contributed by atoms with Gasteiger partial charge in [-0.25, -0.2) is 9.48 Å². The monoisotopic (exact) mass is 710 g/mol. The molecule has 12 heteroatoms. The van der Waals surface area contributed by atoms with Crippen molar-refractivity contribution in [3.05, 3.63) is 160 Å². The van der Waals surface area contributed by atoms with Crippen LogP contribution >= 0.6 is 7.60 Å². The van der Waals surface area contributed by atoms with Crippen LogP contribution in [-0.4, -0.2) is 51.9 Å². The largest absolute Gasteiger partial charge is 0.366 e. The standard InChI is InChI=1S/C39H43N4O7P/c1-29(2)49-51(46,50-30(3)4)28-47-35(26-43-38(45)42-36(25-40-43)41-37(44)31-17-9-5-10-18-31)27-48-39(32-19-11-6-12-20-32,33-21-13-7-14-22-33)34-23-15-8-16-24-34/h5-25,29-30,35H,26-28H2,1-4H3,(H,41,42,44,45)/t35-/m0/s1. The van der Waals surface area contributed by atoms with Gasteiger partial charge in [-0.15, -0.1) is 0 Å². The Morgan fingerprint density at radius 2 is 1.24 bits per heavy atom. The molecule has 1 heterocycles. The minimum Gasteiger partial charge on any atom is -0.361 e. The summed E-state index contributed by atoms with van der Waals surface area (Å²) in [5.74, 6) is -0.433. The quantitative estimate of drug-likeness (QED) is 0.0781. The van der Waals surface area contributed by atoms with Gasteiger partial charge < -0.3 is 23.8 Å². The molecule has 0 bridgehead atoms. The van der Waals surface area contributed by atoms with E-state index in [4.69, 9.17) is 18.5 Å². The van der Waals surface area contributed by atoms with Gasteiger partial charge in [0.15, 0.2) is 5.82 Å². The first-order chi connectivity index (χ1) is 24.6. The molecule has 0 aliphatic heterocycles. The molecule has 0 saturated heterocycles. The molecule has 4 aromatic carbocycles. The lowest BCUT2D eigenvalue weighted by Crippen LogP contribution is -2.39. The van der Waals surface area contributed by atoms with Crippen molar-refractivity contribution in [2.24, 2.45) is 0 Å². The first-order valence-electron chi connectivity index (χ1n) is 16.8. The maximum atomic E-state index is 13.8. The molecule has 0 radical (unpaired) electrons. The lowest BCUT2D eigenvalue weighted by Gasteiger charge is -2.37. The van der Waals surface area contributed by atoms with E-state index < -0.39 is 49.5 Å². The van der Waals surface area contributed by atoms with Crippen LogP contribution in [0.5, 0.6) is 0 Å². The van der Waals surface area contributed by atoms with Crippen LogP contribution in [0.2, 0.25) is 0 Å². The summed E-state index contributed by atoms with van der Waals surface area (Å²) in [5, 5.41) is 6.89.